The van der Waals surface area contributed by atoms with Crippen LogP contribution >= 0.6 is 11.6 Å². The van der Waals surface area contributed by atoms with E-state index in [1.54, 1.807) is 6.92 Å². The van der Waals surface area contributed by atoms with Crippen LogP contribution in [0.25, 0.3) is 0 Å². The molecule has 0 aliphatic carbocycles. The fourth-order valence-corrected chi connectivity index (χ4v) is 1.09. The van der Waals surface area contributed by atoms with Crippen molar-refractivity contribution in [2.45, 2.75) is 26.2 Å². The monoisotopic (exact) mass is 182 g/mol. The fraction of sp³-hybridized carbons (Fsp3) is 0.750. The molecule has 0 saturated heterocycles. The van der Waals surface area contributed by atoms with Crippen LogP contribution in [-0.4, -0.2) is 11.8 Å². The molecule has 0 radical (unpaired) electrons. The van der Waals surface area contributed by atoms with E-state index in [2.05, 4.69) is 6.58 Å². The van der Waals surface area contributed by atoms with Crippen molar-refractivity contribution in [3.8, 4) is 0 Å². The highest BCUT2D eigenvalue weighted by Gasteiger charge is 2.32. The molecule has 0 heterocycles. The molecular formula is C8H13ClF2. The van der Waals surface area contributed by atoms with E-state index in [1.807, 2.05) is 0 Å². The average Bonchev–Trinajstić information content (AvgIpc) is 1.84. The first-order chi connectivity index (χ1) is 4.83. The Balaban J connectivity index is 4.19. The molecule has 0 spiro atoms. The lowest BCUT2D eigenvalue weighted by Gasteiger charge is -2.25. The summed E-state index contributed by atoms with van der Waals surface area (Å²) in [5.41, 5.74) is -0.653. The molecule has 66 valence electrons. The zero-order valence-electron chi connectivity index (χ0n) is 6.83. The van der Waals surface area contributed by atoms with Gasteiger partial charge in [-0.1, -0.05) is 13.0 Å². The van der Waals surface area contributed by atoms with E-state index in [-0.39, 0.29) is 12.3 Å². The van der Waals surface area contributed by atoms with Crippen LogP contribution in [0.3, 0.4) is 0 Å². The van der Waals surface area contributed by atoms with Gasteiger partial charge in [-0.3, -0.25) is 0 Å². The van der Waals surface area contributed by atoms with E-state index in [1.165, 1.54) is 6.08 Å². The van der Waals surface area contributed by atoms with Crippen LogP contribution in [0, 0.1) is 5.41 Å². The highest BCUT2D eigenvalue weighted by molar-refractivity contribution is 6.18. The molecule has 0 nitrogen and oxygen atoms in total. The van der Waals surface area contributed by atoms with E-state index >= 15 is 0 Å². The van der Waals surface area contributed by atoms with Gasteiger partial charge in [0.15, 0.2) is 0 Å². The number of halogens is 3. The maximum Gasteiger partial charge on any atom is 0.246 e. The van der Waals surface area contributed by atoms with Gasteiger partial charge < -0.3 is 0 Å². The predicted molar refractivity (Wildman–Crippen MR) is 44.3 cm³/mol. The van der Waals surface area contributed by atoms with Gasteiger partial charge in [-0.05, 0) is 6.92 Å². The van der Waals surface area contributed by atoms with Crippen LogP contribution in [0.5, 0.6) is 0 Å². The lowest BCUT2D eigenvalue weighted by molar-refractivity contribution is -0.0105. The van der Waals surface area contributed by atoms with Gasteiger partial charge >= 0.3 is 0 Å². The van der Waals surface area contributed by atoms with Gasteiger partial charge in [0.2, 0.25) is 5.92 Å². The standard InChI is InChI=1S/C8H13ClF2/c1-4-7(2,6-9)5-8(3,10)11/h4H,1,5-6H2,2-3H3. The van der Waals surface area contributed by atoms with Gasteiger partial charge in [-0.25, -0.2) is 8.78 Å². The third-order valence-corrected chi connectivity index (χ3v) is 2.12. The van der Waals surface area contributed by atoms with Crippen molar-refractivity contribution in [2.75, 3.05) is 5.88 Å². The molecule has 0 aliphatic rings. The minimum Gasteiger partial charge on any atom is -0.207 e. The van der Waals surface area contributed by atoms with Crippen LogP contribution in [0.15, 0.2) is 12.7 Å². The van der Waals surface area contributed by atoms with Gasteiger partial charge in [0.25, 0.3) is 0 Å². The Morgan fingerprint density at radius 2 is 1.91 bits per heavy atom. The summed E-state index contributed by atoms with van der Waals surface area (Å²) in [4.78, 5) is 0. The smallest absolute Gasteiger partial charge is 0.207 e. The normalized spacial score (nSPS) is 17.5. The first-order valence-corrected chi connectivity index (χ1v) is 3.94. The summed E-state index contributed by atoms with van der Waals surface area (Å²) in [6.07, 6.45) is 1.24. The van der Waals surface area contributed by atoms with Crippen molar-refractivity contribution < 1.29 is 8.78 Å². The highest BCUT2D eigenvalue weighted by Crippen LogP contribution is 2.33. The van der Waals surface area contributed by atoms with Gasteiger partial charge in [0.1, 0.15) is 0 Å². The quantitative estimate of drug-likeness (QED) is 0.462. The minimum atomic E-state index is -2.67. The predicted octanol–water partition coefficient (Wildman–Crippen LogP) is 3.46. The van der Waals surface area contributed by atoms with Gasteiger partial charge in [-0.2, -0.15) is 0 Å². The number of hydrogen-bond acceptors (Lipinski definition) is 0. The van der Waals surface area contributed by atoms with Gasteiger partial charge in [0.05, 0.1) is 0 Å². The summed E-state index contributed by atoms with van der Waals surface area (Å²) in [5, 5.41) is 0. The van der Waals surface area contributed by atoms with Crippen LogP contribution in [0.2, 0.25) is 0 Å². The van der Waals surface area contributed by atoms with Crippen LogP contribution in [-0.2, 0) is 0 Å². The molecule has 0 saturated carbocycles. The molecule has 0 bridgehead atoms. The van der Waals surface area contributed by atoms with E-state index in [4.69, 9.17) is 11.6 Å². The van der Waals surface area contributed by atoms with Crippen molar-refractivity contribution in [2.24, 2.45) is 5.41 Å². The Morgan fingerprint density at radius 3 is 2.00 bits per heavy atom. The lowest BCUT2D eigenvalue weighted by Crippen LogP contribution is -2.25. The van der Waals surface area contributed by atoms with Crippen molar-refractivity contribution >= 4 is 11.6 Å². The zero-order valence-corrected chi connectivity index (χ0v) is 7.59. The summed E-state index contributed by atoms with van der Waals surface area (Å²) in [7, 11) is 0. The van der Waals surface area contributed by atoms with E-state index < -0.39 is 11.3 Å². The van der Waals surface area contributed by atoms with Crippen LogP contribution in [0.4, 0.5) is 8.78 Å². The highest BCUT2D eigenvalue weighted by atomic mass is 35.5. The summed E-state index contributed by atoms with van der Waals surface area (Å²) in [6, 6.07) is 0. The SMILES string of the molecule is C=CC(C)(CCl)CC(C)(F)F. The zero-order chi connectivity index (χ0) is 9.12. The first kappa shape index (κ1) is 10.9. The van der Waals surface area contributed by atoms with E-state index in [0.717, 1.165) is 6.92 Å². The van der Waals surface area contributed by atoms with Gasteiger partial charge in [-0.15, -0.1) is 18.2 Å². The molecule has 3 heteroatoms. The molecule has 0 aromatic carbocycles. The van der Waals surface area contributed by atoms with E-state index in [0.29, 0.717) is 0 Å². The summed E-state index contributed by atoms with van der Waals surface area (Å²) >= 11 is 5.51. The van der Waals surface area contributed by atoms with E-state index in [9.17, 15) is 8.78 Å². The summed E-state index contributed by atoms with van der Waals surface area (Å²) < 4.78 is 25.0. The maximum absolute atomic E-state index is 12.5. The molecule has 0 fully saturated rings. The van der Waals surface area contributed by atoms with Crippen LogP contribution < -0.4 is 0 Å². The Hall–Kier alpha value is -0.110. The Bertz CT molecular complexity index is 140. The maximum atomic E-state index is 12.5. The molecule has 11 heavy (non-hydrogen) atoms. The van der Waals surface area contributed by atoms with Gasteiger partial charge in [0, 0.05) is 17.7 Å². The molecule has 0 aliphatic heterocycles. The van der Waals surface area contributed by atoms with Crippen molar-refractivity contribution in [3.05, 3.63) is 12.7 Å². The van der Waals surface area contributed by atoms with Crippen molar-refractivity contribution in [3.63, 3.8) is 0 Å². The minimum absolute atomic E-state index is 0.180. The lowest BCUT2D eigenvalue weighted by atomic mass is 9.87. The third kappa shape index (κ3) is 4.35. The molecule has 0 amide bonds. The number of rotatable bonds is 4. The summed E-state index contributed by atoms with van der Waals surface area (Å²) in [6.45, 7) is 6.03. The Morgan fingerprint density at radius 1 is 1.45 bits per heavy atom. The molecular weight excluding hydrogens is 170 g/mol. The molecule has 0 N–H and O–H groups in total. The third-order valence-electron chi connectivity index (χ3n) is 1.51. The van der Waals surface area contributed by atoms with Crippen LogP contribution in [0.1, 0.15) is 20.3 Å². The second-order valence-electron chi connectivity index (χ2n) is 3.24. The second kappa shape index (κ2) is 3.53. The van der Waals surface area contributed by atoms with Crippen molar-refractivity contribution in [1.82, 2.24) is 0 Å². The first-order valence-electron chi connectivity index (χ1n) is 3.40. The number of hydrogen-bond donors (Lipinski definition) is 0. The second-order valence-corrected chi connectivity index (χ2v) is 3.51. The topological polar surface area (TPSA) is 0 Å². The molecule has 0 aromatic rings. The number of alkyl halides is 3. The Labute approximate surface area is 71.2 Å². The molecule has 1 unspecified atom stereocenters. The number of allylic oxidation sites excluding steroid dienone is 1. The largest absolute Gasteiger partial charge is 0.246 e. The van der Waals surface area contributed by atoms with Crippen molar-refractivity contribution in [1.29, 1.82) is 0 Å². The molecule has 1 atom stereocenters. The Kier molecular flexibility index (Phi) is 3.49. The molecule has 0 rings (SSSR count). The average molecular weight is 183 g/mol. The summed E-state index contributed by atoms with van der Waals surface area (Å²) in [5.74, 6) is -2.49. The molecule has 0 aromatic heterocycles. The fourth-order valence-electron chi connectivity index (χ4n) is 0.883.